The van der Waals surface area contributed by atoms with Crippen LogP contribution in [0.2, 0.25) is 0 Å². The molecule has 2 amide bonds. The van der Waals surface area contributed by atoms with Crippen LogP contribution in [0.4, 0.5) is 4.39 Å². The van der Waals surface area contributed by atoms with Crippen molar-refractivity contribution < 1.29 is 18.4 Å². The fourth-order valence-corrected chi connectivity index (χ4v) is 3.36. The van der Waals surface area contributed by atoms with Gasteiger partial charge in [0, 0.05) is 30.5 Å². The van der Waals surface area contributed by atoms with E-state index < -0.39 is 5.82 Å². The third kappa shape index (κ3) is 5.63. The van der Waals surface area contributed by atoms with Gasteiger partial charge in [-0.05, 0) is 55.8 Å². The molecule has 2 aromatic heterocycles. The number of carbonyl (C=O) groups is 2. The lowest BCUT2D eigenvalue weighted by Crippen LogP contribution is -2.46. The minimum absolute atomic E-state index is 0.102. The zero-order valence-electron chi connectivity index (χ0n) is 18.1. The molecule has 0 aliphatic rings. The Balaban J connectivity index is 1.83. The van der Waals surface area contributed by atoms with Crippen LogP contribution >= 0.6 is 0 Å². The normalized spacial score (nSPS) is 11.9. The van der Waals surface area contributed by atoms with Crippen molar-refractivity contribution in [3.8, 4) is 0 Å². The summed E-state index contributed by atoms with van der Waals surface area (Å²) in [6.45, 7) is 4.41. The Morgan fingerprint density at radius 2 is 1.94 bits per heavy atom. The Labute approximate surface area is 181 Å². The second-order valence-electron chi connectivity index (χ2n) is 7.64. The molecule has 3 aromatic rings. The van der Waals surface area contributed by atoms with Crippen molar-refractivity contribution >= 4 is 11.8 Å². The zero-order chi connectivity index (χ0) is 22.4. The first kappa shape index (κ1) is 22.3. The summed E-state index contributed by atoms with van der Waals surface area (Å²) in [4.78, 5) is 29.6. The number of aromatic nitrogens is 1. The van der Waals surface area contributed by atoms with Gasteiger partial charge in [-0.1, -0.05) is 13.0 Å². The summed E-state index contributed by atoms with van der Waals surface area (Å²) < 4.78 is 21.1. The van der Waals surface area contributed by atoms with Crippen LogP contribution < -0.4 is 0 Å². The molecular formula is C24H28FN3O3. The molecule has 164 valence electrons. The van der Waals surface area contributed by atoms with Crippen LogP contribution in [-0.4, -0.2) is 38.8 Å². The second-order valence-corrected chi connectivity index (χ2v) is 7.64. The van der Waals surface area contributed by atoms with Crippen molar-refractivity contribution in [3.63, 3.8) is 0 Å². The van der Waals surface area contributed by atoms with Gasteiger partial charge in [0.2, 0.25) is 5.91 Å². The predicted octanol–water partition coefficient (Wildman–Crippen LogP) is 4.23. The van der Waals surface area contributed by atoms with E-state index in [-0.39, 0.29) is 30.0 Å². The maximum Gasteiger partial charge on any atom is 0.254 e. The average Bonchev–Trinajstić information content (AvgIpc) is 3.42. The van der Waals surface area contributed by atoms with Crippen LogP contribution in [-0.2, 0) is 24.9 Å². The molecule has 0 N–H and O–H groups in total. The number of furan rings is 1. The molecule has 0 bridgehead atoms. The van der Waals surface area contributed by atoms with Gasteiger partial charge in [-0.3, -0.25) is 9.59 Å². The summed E-state index contributed by atoms with van der Waals surface area (Å²) >= 11 is 0. The molecule has 7 heteroatoms. The molecule has 31 heavy (non-hydrogen) atoms. The molecular weight excluding hydrogens is 397 g/mol. The lowest BCUT2D eigenvalue weighted by atomic mass is 10.1. The summed E-state index contributed by atoms with van der Waals surface area (Å²) in [5, 5.41) is 0. The summed E-state index contributed by atoms with van der Waals surface area (Å²) in [5.41, 5.74) is 1.19. The molecule has 2 heterocycles. The summed E-state index contributed by atoms with van der Waals surface area (Å²) in [6.07, 6.45) is 4.16. The maximum atomic E-state index is 13.7. The van der Waals surface area contributed by atoms with E-state index >= 15 is 0 Å². The first-order valence-corrected chi connectivity index (χ1v) is 10.4. The van der Waals surface area contributed by atoms with Crippen LogP contribution in [0.3, 0.4) is 0 Å². The van der Waals surface area contributed by atoms with Gasteiger partial charge in [-0.15, -0.1) is 0 Å². The topological polar surface area (TPSA) is 58.7 Å². The van der Waals surface area contributed by atoms with Gasteiger partial charge in [-0.2, -0.15) is 0 Å². The second kappa shape index (κ2) is 10.1. The summed E-state index contributed by atoms with van der Waals surface area (Å²) in [5.74, 6) is -0.389. The molecule has 1 unspecified atom stereocenters. The van der Waals surface area contributed by atoms with Crippen molar-refractivity contribution in [2.45, 2.75) is 39.4 Å². The van der Waals surface area contributed by atoms with Crippen molar-refractivity contribution in [2.75, 3.05) is 6.54 Å². The van der Waals surface area contributed by atoms with Crippen molar-refractivity contribution in [3.05, 3.63) is 83.8 Å². The average molecular weight is 426 g/mol. The number of benzene rings is 1. The summed E-state index contributed by atoms with van der Waals surface area (Å²) in [6, 6.07) is 12.8. The Morgan fingerprint density at radius 3 is 2.55 bits per heavy atom. The Hall–Kier alpha value is -3.35. The third-order valence-corrected chi connectivity index (χ3v) is 5.44. The molecule has 0 saturated heterocycles. The Morgan fingerprint density at radius 1 is 1.13 bits per heavy atom. The number of amides is 2. The van der Waals surface area contributed by atoms with Crippen molar-refractivity contribution in [1.29, 1.82) is 0 Å². The van der Waals surface area contributed by atoms with Gasteiger partial charge in [0.1, 0.15) is 18.1 Å². The van der Waals surface area contributed by atoms with E-state index in [0.29, 0.717) is 25.3 Å². The van der Waals surface area contributed by atoms with E-state index in [1.807, 2.05) is 49.9 Å². The van der Waals surface area contributed by atoms with Crippen LogP contribution in [0.1, 0.15) is 42.1 Å². The lowest BCUT2D eigenvalue weighted by molar-refractivity contribution is -0.134. The first-order chi connectivity index (χ1) is 14.9. The highest BCUT2D eigenvalue weighted by Crippen LogP contribution is 2.16. The van der Waals surface area contributed by atoms with Crippen LogP contribution in [0, 0.1) is 5.82 Å². The minimum Gasteiger partial charge on any atom is -0.467 e. The number of hydrogen-bond donors (Lipinski definition) is 0. The Bertz CT molecular complexity index is 1010. The molecule has 0 spiro atoms. The third-order valence-electron chi connectivity index (χ3n) is 5.44. The van der Waals surface area contributed by atoms with Gasteiger partial charge in [0.25, 0.3) is 5.91 Å². The largest absolute Gasteiger partial charge is 0.467 e. The first-order valence-electron chi connectivity index (χ1n) is 10.4. The summed E-state index contributed by atoms with van der Waals surface area (Å²) in [7, 11) is 1.92. The van der Waals surface area contributed by atoms with Crippen molar-refractivity contribution in [1.82, 2.24) is 14.4 Å². The van der Waals surface area contributed by atoms with E-state index in [9.17, 15) is 14.0 Å². The Kier molecular flexibility index (Phi) is 7.28. The SMILES string of the molecule is CCC(C)N(CC(=O)N(Cc1ccco1)Cc1cccn1C)C(=O)c1cccc(F)c1. The smallest absolute Gasteiger partial charge is 0.254 e. The molecule has 6 nitrogen and oxygen atoms in total. The van der Waals surface area contributed by atoms with E-state index in [2.05, 4.69) is 0 Å². The van der Waals surface area contributed by atoms with Crippen LogP contribution in [0.5, 0.6) is 0 Å². The molecule has 0 saturated carbocycles. The number of hydrogen-bond acceptors (Lipinski definition) is 3. The lowest BCUT2D eigenvalue weighted by Gasteiger charge is -2.31. The molecule has 0 aliphatic heterocycles. The molecule has 1 atom stereocenters. The molecule has 0 aliphatic carbocycles. The highest BCUT2D eigenvalue weighted by molar-refractivity contribution is 5.96. The number of nitrogens with zero attached hydrogens (tertiary/aromatic N) is 3. The number of halogens is 1. The van der Waals surface area contributed by atoms with E-state index in [0.717, 1.165) is 5.69 Å². The van der Waals surface area contributed by atoms with Gasteiger partial charge in [-0.25, -0.2) is 4.39 Å². The quantitative estimate of drug-likeness (QED) is 0.516. The van der Waals surface area contributed by atoms with Crippen molar-refractivity contribution in [2.24, 2.45) is 7.05 Å². The highest BCUT2D eigenvalue weighted by atomic mass is 19.1. The minimum atomic E-state index is -0.482. The van der Waals surface area contributed by atoms with Crippen LogP contribution in [0.15, 0.2) is 65.4 Å². The van der Waals surface area contributed by atoms with E-state index in [4.69, 9.17) is 4.42 Å². The molecule has 3 rings (SSSR count). The highest BCUT2D eigenvalue weighted by Gasteiger charge is 2.26. The van der Waals surface area contributed by atoms with Gasteiger partial charge in [0.15, 0.2) is 0 Å². The standard InChI is InChI=1S/C24H28FN3O3/c1-4-18(2)28(24(30)19-8-5-9-20(25)14-19)17-23(29)27(16-22-11-7-13-31-22)15-21-10-6-12-26(21)3/h5-14,18H,4,15-17H2,1-3H3. The van der Waals surface area contributed by atoms with E-state index in [1.165, 1.54) is 23.1 Å². The fourth-order valence-electron chi connectivity index (χ4n) is 3.36. The monoisotopic (exact) mass is 425 g/mol. The predicted molar refractivity (Wildman–Crippen MR) is 116 cm³/mol. The molecule has 0 radical (unpaired) electrons. The van der Waals surface area contributed by atoms with E-state index in [1.54, 1.807) is 23.3 Å². The van der Waals surface area contributed by atoms with Crippen LogP contribution in [0.25, 0.3) is 0 Å². The number of aryl methyl sites for hydroxylation is 1. The van der Waals surface area contributed by atoms with Gasteiger partial charge >= 0.3 is 0 Å². The molecule has 1 aromatic carbocycles. The fraction of sp³-hybridized carbons (Fsp3) is 0.333. The van der Waals surface area contributed by atoms with Gasteiger partial charge in [0.05, 0.1) is 19.4 Å². The number of rotatable bonds is 9. The maximum absolute atomic E-state index is 13.7. The molecule has 0 fully saturated rings. The van der Waals surface area contributed by atoms with Gasteiger partial charge < -0.3 is 18.8 Å². The number of carbonyl (C=O) groups excluding carboxylic acids is 2. The zero-order valence-corrected chi connectivity index (χ0v) is 18.1.